The minimum Gasteiger partial charge on any atom is -0.328 e. The number of nitrogens with one attached hydrogen (secondary N) is 2. The van der Waals surface area contributed by atoms with Gasteiger partial charge in [-0.05, 0) is 48.9 Å². The molecule has 6 nitrogen and oxygen atoms in total. The summed E-state index contributed by atoms with van der Waals surface area (Å²) in [5.41, 5.74) is 3.72. The topological polar surface area (TPSA) is 71.8 Å². The number of fused-ring (bicyclic) bond motifs is 1. The smallest absolute Gasteiger partial charge is 0.255 e. The first-order valence-corrected chi connectivity index (χ1v) is 11.5. The molecule has 1 aromatic heterocycles. The number of halogens is 2. The molecule has 1 aliphatic rings. The number of anilines is 2. The molecule has 0 saturated heterocycles. The summed E-state index contributed by atoms with van der Waals surface area (Å²) < 4.78 is 2.71. The van der Waals surface area contributed by atoms with Crippen LogP contribution < -0.4 is 10.6 Å². The van der Waals surface area contributed by atoms with E-state index in [1.54, 1.807) is 4.68 Å². The van der Waals surface area contributed by atoms with Crippen molar-refractivity contribution in [2.24, 2.45) is 0 Å². The molecule has 1 amide bonds. The average Bonchev–Trinajstić information content (AvgIpc) is 3.23. The van der Waals surface area contributed by atoms with Gasteiger partial charge in [-0.2, -0.15) is 4.98 Å². The van der Waals surface area contributed by atoms with Crippen LogP contribution in [0.5, 0.6) is 0 Å². The Bertz CT molecular complexity index is 1370. The molecule has 0 spiro atoms. The number of nitrogens with zero attached hydrogens (tertiary/aromatic N) is 3. The van der Waals surface area contributed by atoms with Crippen LogP contribution in [0.1, 0.15) is 18.5 Å². The van der Waals surface area contributed by atoms with Crippen molar-refractivity contribution in [3.05, 3.63) is 105 Å². The SMILES string of the molecule is CC1=C(C(=O)Nc2ccccc2)C(c2ccc(Br)cc2)n2nc(-c3cccc(Cl)c3)nc2N1. The molecule has 33 heavy (non-hydrogen) atoms. The van der Waals surface area contributed by atoms with Gasteiger partial charge in [-0.1, -0.05) is 70.0 Å². The minimum atomic E-state index is -0.460. The summed E-state index contributed by atoms with van der Waals surface area (Å²) in [5, 5.41) is 11.6. The lowest BCUT2D eigenvalue weighted by molar-refractivity contribution is -0.113. The first-order valence-electron chi connectivity index (χ1n) is 10.3. The lowest BCUT2D eigenvalue weighted by Crippen LogP contribution is -2.31. The molecule has 0 aliphatic carbocycles. The van der Waals surface area contributed by atoms with E-state index in [0.717, 1.165) is 21.3 Å². The van der Waals surface area contributed by atoms with Crippen LogP contribution in [0.2, 0.25) is 5.02 Å². The Balaban J connectivity index is 1.61. The first kappa shape index (κ1) is 21.4. The lowest BCUT2D eigenvalue weighted by Gasteiger charge is -2.28. The second-order valence-corrected chi connectivity index (χ2v) is 9.00. The molecule has 1 aliphatic heterocycles. The second-order valence-electron chi connectivity index (χ2n) is 7.65. The zero-order chi connectivity index (χ0) is 22.9. The normalized spacial score (nSPS) is 15.1. The van der Waals surface area contributed by atoms with E-state index in [9.17, 15) is 4.79 Å². The van der Waals surface area contributed by atoms with Crippen LogP contribution in [-0.2, 0) is 4.79 Å². The van der Waals surface area contributed by atoms with E-state index < -0.39 is 6.04 Å². The number of hydrogen-bond acceptors (Lipinski definition) is 4. The number of hydrogen-bond donors (Lipinski definition) is 2. The van der Waals surface area contributed by atoms with E-state index in [4.69, 9.17) is 21.7 Å². The number of benzene rings is 3. The van der Waals surface area contributed by atoms with Gasteiger partial charge in [-0.25, -0.2) is 4.68 Å². The Morgan fingerprint density at radius 3 is 2.55 bits per heavy atom. The van der Waals surface area contributed by atoms with Gasteiger partial charge in [0.1, 0.15) is 6.04 Å². The second kappa shape index (κ2) is 8.84. The van der Waals surface area contributed by atoms with Crippen LogP contribution in [0.4, 0.5) is 11.6 Å². The van der Waals surface area contributed by atoms with Crippen LogP contribution in [0.25, 0.3) is 11.4 Å². The van der Waals surface area contributed by atoms with Gasteiger partial charge in [0.15, 0.2) is 5.82 Å². The summed E-state index contributed by atoms with van der Waals surface area (Å²) in [5.74, 6) is 0.885. The fourth-order valence-corrected chi connectivity index (χ4v) is 4.32. The first-order chi connectivity index (χ1) is 16.0. The number of allylic oxidation sites excluding steroid dienone is 1. The quantitative estimate of drug-likeness (QED) is 0.332. The number of carbonyl (C=O) groups excluding carboxylic acids is 1. The Kier molecular flexibility index (Phi) is 5.74. The number of para-hydroxylation sites is 1. The third kappa shape index (κ3) is 4.29. The Labute approximate surface area is 204 Å². The molecule has 8 heteroatoms. The molecule has 0 bridgehead atoms. The zero-order valence-corrected chi connectivity index (χ0v) is 19.9. The minimum absolute atomic E-state index is 0.204. The molecule has 2 N–H and O–H groups in total. The number of rotatable bonds is 4. The van der Waals surface area contributed by atoms with Crippen molar-refractivity contribution in [3.8, 4) is 11.4 Å². The van der Waals surface area contributed by atoms with Crippen molar-refractivity contribution in [1.29, 1.82) is 0 Å². The Morgan fingerprint density at radius 2 is 1.82 bits per heavy atom. The summed E-state index contributed by atoms with van der Waals surface area (Å²) in [7, 11) is 0. The monoisotopic (exact) mass is 519 g/mol. The molecule has 164 valence electrons. The van der Waals surface area contributed by atoms with Crippen LogP contribution in [0.15, 0.2) is 94.6 Å². The summed E-state index contributed by atoms with van der Waals surface area (Å²) >= 11 is 9.67. The predicted octanol–water partition coefficient (Wildman–Crippen LogP) is 6.29. The maximum Gasteiger partial charge on any atom is 0.255 e. The highest BCUT2D eigenvalue weighted by molar-refractivity contribution is 9.10. The molecular formula is C25H19BrClN5O. The van der Waals surface area contributed by atoms with Crippen LogP contribution in [0.3, 0.4) is 0 Å². The van der Waals surface area contributed by atoms with Gasteiger partial charge in [0.2, 0.25) is 5.95 Å². The maximum absolute atomic E-state index is 13.5. The molecule has 0 saturated carbocycles. The van der Waals surface area contributed by atoms with E-state index in [-0.39, 0.29) is 5.91 Å². The van der Waals surface area contributed by atoms with E-state index >= 15 is 0 Å². The average molecular weight is 521 g/mol. The highest BCUT2D eigenvalue weighted by Crippen LogP contribution is 2.37. The van der Waals surface area contributed by atoms with E-state index in [1.807, 2.05) is 85.8 Å². The van der Waals surface area contributed by atoms with E-state index in [1.165, 1.54) is 0 Å². The van der Waals surface area contributed by atoms with Crippen molar-refractivity contribution < 1.29 is 4.79 Å². The number of aromatic nitrogens is 3. The predicted molar refractivity (Wildman–Crippen MR) is 134 cm³/mol. The van der Waals surface area contributed by atoms with Gasteiger partial charge in [0.25, 0.3) is 5.91 Å². The third-order valence-electron chi connectivity index (χ3n) is 5.40. The van der Waals surface area contributed by atoms with E-state index in [0.29, 0.717) is 28.1 Å². The van der Waals surface area contributed by atoms with Crippen molar-refractivity contribution in [2.75, 3.05) is 10.6 Å². The summed E-state index contributed by atoms with van der Waals surface area (Å²) in [6.45, 7) is 1.88. The van der Waals surface area contributed by atoms with Gasteiger partial charge in [-0.15, -0.1) is 5.10 Å². The molecule has 1 atom stereocenters. The van der Waals surface area contributed by atoms with Crippen molar-refractivity contribution >= 4 is 45.1 Å². The molecule has 3 aromatic carbocycles. The Morgan fingerprint density at radius 1 is 1.06 bits per heavy atom. The molecule has 1 unspecified atom stereocenters. The fourth-order valence-electron chi connectivity index (χ4n) is 3.87. The largest absolute Gasteiger partial charge is 0.328 e. The van der Waals surface area contributed by atoms with Gasteiger partial charge in [-0.3, -0.25) is 4.79 Å². The lowest BCUT2D eigenvalue weighted by atomic mass is 9.95. The van der Waals surface area contributed by atoms with Crippen LogP contribution >= 0.6 is 27.5 Å². The van der Waals surface area contributed by atoms with Crippen molar-refractivity contribution in [1.82, 2.24) is 14.8 Å². The molecule has 4 aromatic rings. The summed E-state index contributed by atoms with van der Waals surface area (Å²) in [4.78, 5) is 18.2. The number of carbonyl (C=O) groups is 1. The molecule has 0 fully saturated rings. The fraction of sp³-hybridized carbons (Fsp3) is 0.0800. The molecule has 5 rings (SSSR count). The van der Waals surface area contributed by atoms with Gasteiger partial charge in [0, 0.05) is 26.4 Å². The summed E-state index contributed by atoms with van der Waals surface area (Å²) in [6, 6.07) is 24.2. The Hall–Kier alpha value is -3.42. The summed E-state index contributed by atoms with van der Waals surface area (Å²) in [6.07, 6.45) is 0. The van der Waals surface area contributed by atoms with Crippen molar-refractivity contribution in [2.45, 2.75) is 13.0 Å². The van der Waals surface area contributed by atoms with Gasteiger partial charge in [0.05, 0.1) is 5.57 Å². The molecule has 0 radical (unpaired) electrons. The number of amides is 1. The van der Waals surface area contributed by atoms with Crippen LogP contribution in [0, 0.1) is 0 Å². The standard InChI is InChI=1S/C25H19BrClN5O/c1-15-21(24(33)29-20-8-3-2-4-9-20)22(16-10-12-18(26)13-11-16)32-25(28-15)30-23(31-32)17-6-5-7-19(27)14-17/h2-14,22H,1H3,(H,29,33)(H,28,30,31). The zero-order valence-electron chi connectivity index (χ0n) is 17.6. The van der Waals surface area contributed by atoms with Gasteiger partial charge < -0.3 is 10.6 Å². The highest BCUT2D eigenvalue weighted by Gasteiger charge is 2.34. The molecular weight excluding hydrogens is 502 g/mol. The third-order valence-corrected chi connectivity index (χ3v) is 6.16. The maximum atomic E-state index is 13.5. The highest BCUT2D eigenvalue weighted by atomic mass is 79.9. The van der Waals surface area contributed by atoms with Gasteiger partial charge >= 0.3 is 0 Å². The molecule has 2 heterocycles. The van der Waals surface area contributed by atoms with Crippen molar-refractivity contribution in [3.63, 3.8) is 0 Å². The van der Waals surface area contributed by atoms with Crippen LogP contribution in [-0.4, -0.2) is 20.7 Å². The van der Waals surface area contributed by atoms with E-state index in [2.05, 4.69) is 26.6 Å².